The summed E-state index contributed by atoms with van der Waals surface area (Å²) in [6.07, 6.45) is -4.36. The third-order valence-corrected chi connectivity index (χ3v) is 16.0. The van der Waals surface area contributed by atoms with Crippen LogP contribution in [-0.2, 0) is 28.5 Å². The number of hydrogen-bond acceptors (Lipinski definition) is 13. The first-order valence-corrected chi connectivity index (χ1v) is 22.0. The first-order valence-electron chi connectivity index (χ1n) is 22.0. The minimum absolute atomic E-state index is 0.0555. The minimum atomic E-state index is -1.57. The molecule has 2 saturated heterocycles. The SMILES string of the molecule is CCCC(=O)NC[C@H](C)CCC(=O)[C@@H](C)[C@H]1[C@H](O)C[C@H]2[C@@H]3CC[C@H]4C[C@@H](O[C@@H]5O[C@H](CO[C@@H]6O[C@@H](C)[C@H](O)[C@@H](O)[C@H]6O)[C@@H](O)[C@H](O)[C@H]5O)CC[C@]4(C)[C@H]3CC[C@]12C. The molecule has 6 fully saturated rings. The molecule has 21 atom stereocenters. The average Bonchev–Trinajstić information content (AvgIpc) is 3.46. The summed E-state index contributed by atoms with van der Waals surface area (Å²) in [5.74, 6) is 1.86. The third kappa shape index (κ3) is 9.03. The number of rotatable bonds is 14. The Labute approximate surface area is 338 Å². The van der Waals surface area contributed by atoms with E-state index in [1.165, 1.54) is 6.92 Å². The number of carbonyl (C=O) groups excluding carboxylic acids is 2. The highest BCUT2D eigenvalue weighted by Crippen LogP contribution is 2.68. The standard InChI is InChI=1S/C43H73NO13/c1-7-8-32(47)44-19-21(2)9-12-29(45)22(3)33-30(46)18-28-26-11-10-24-17-25(13-15-42(24,5)27(26)14-16-43(28,33)6)56-41-39(53)37(51)35(49)31(57-41)20-54-40-38(52)36(50)34(48)23(4)55-40/h21-28,30-31,33-41,46,48-53H,7-20H2,1-6H3,(H,44,47)/t21-,22-,23+,24+,25+,26-,27+,28+,30-,31-,33+,34+,35-,36-,37+,38-,39-,40-,41-,42+,43+/m1/s1. The van der Waals surface area contributed by atoms with Crippen LogP contribution in [0.15, 0.2) is 0 Å². The van der Waals surface area contributed by atoms with Crippen LogP contribution in [0, 0.1) is 52.3 Å². The Balaban J connectivity index is 1.03. The second kappa shape index (κ2) is 18.4. The van der Waals surface area contributed by atoms with E-state index in [4.69, 9.17) is 18.9 Å². The molecule has 4 aliphatic carbocycles. The van der Waals surface area contributed by atoms with Crippen LogP contribution in [0.2, 0.25) is 0 Å². The van der Waals surface area contributed by atoms with Gasteiger partial charge in [-0.1, -0.05) is 34.6 Å². The molecule has 2 heterocycles. The lowest BCUT2D eigenvalue weighted by atomic mass is 9.44. The van der Waals surface area contributed by atoms with E-state index >= 15 is 0 Å². The molecule has 14 nitrogen and oxygen atoms in total. The molecule has 0 unspecified atom stereocenters. The second-order valence-electron chi connectivity index (χ2n) is 19.5. The van der Waals surface area contributed by atoms with Gasteiger partial charge in [0.15, 0.2) is 12.6 Å². The Kier molecular flexibility index (Phi) is 14.6. The quantitative estimate of drug-likeness (QED) is 0.118. The lowest BCUT2D eigenvalue weighted by Crippen LogP contribution is -2.61. The number of amides is 1. The van der Waals surface area contributed by atoms with Crippen molar-refractivity contribution in [2.24, 2.45) is 52.3 Å². The van der Waals surface area contributed by atoms with Crippen molar-refractivity contribution in [1.29, 1.82) is 0 Å². The summed E-state index contributed by atoms with van der Waals surface area (Å²) in [6.45, 7) is 12.6. The van der Waals surface area contributed by atoms with Crippen molar-refractivity contribution in [3.05, 3.63) is 0 Å². The molecule has 0 aromatic heterocycles. The number of aliphatic hydroxyl groups is 7. The fourth-order valence-electron chi connectivity index (χ4n) is 12.5. The molecule has 0 aromatic carbocycles. The zero-order chi connectivity index (χ0) is 41.6. The number of aliphatic hydroxyl groups excluding tert-OH is 7. The number of fused-ring (bicyclic) bond motifs is 5. The van der Waals surface area contributed by atoms with Gasteiger partial charge in [0.25, 0.3) is 0 Å². The van der Waals surface area contributed by atoms with Crippen LogP contribution in [0.1, 0.15) is 119 Å². The molecule has 14 heteroatoms. The number of Topliss-reactive ketones (excluding diaryl/α,β-unsaturated/α-hetero) is 1. The maximum Gasteiger partial charge on any atom is 0.219 e. The van der Waals surface area contributed by atoms with E-state index in [2.05, 4.69) is 26.1 Å². The molecule has 6 aliphatic rings. The molecule has 4 saturated carbocycles. The van der Waals surface area contributed by atoms with E-state index in [0.29, 0.717) is 43.1 Å². The van der Waals surface area contributed by atoms with E-state index in [1.54, 1.807) is 0 Å². The van der Waals surface area contributed by atoms with Crippen LogP contribution in [0.4, 0.5) is 0 Å². The fourth-order valence-corrected chi connectivity index (χ4v) is 12.5. The molecule has 6 rings (SSSR count). The lowest BCUT2D eigenvalue weighted by molar-refractivity contribution is -0.336. The molecule has 0 spiro atoms. The predicted molar refractivity (Wildman–Crippen MR) is 207 cm³/mol. The lowest BCUT2D eigenvalue weighted by Gasteiger charge is -2.61. The topological polar surface area (TPSA) is 225 Å². The monoisotopic (exact) mass is 812 g/mol. The molecule has 328 valence electrons. The number of nitrogens with one attached hydrogen (secondary N) is 1. The molecule has 0 bridgehead atoms. The van der Waals surface area contributed by atoms with Crippen molar-refractivity contribution < 1.29 is 64.3 Å². The van der Waals surface area contributed by atoms with Crippen LogP contribution in [0.5, 0.6) is 0 Å². The maximum absolute atomic E-state index is 13.6. The second-order valence-corrected chi connectivity index (χ2v) is 19.5. The van der Waals surface area contributed by atoms with Gasteiger partial charge in [0, 0.05) is 25.3 Å². The van der Waals surface area contributed by atoms with Crippen molar-refractivity contribution in [3.8, 4) is 0 Å². The van der Waals surface area contributed by atoms with E-state index in [-0.39, 0.29) is 53.0 Å². The molecule has 2 aliphatic heterocycles. The summed E-state index contributed by atoms with van der Waals surface area (Å²) in [4.78, 5) is 25.6. The van der Waals surface area contributed by atoms with E-state index in [9.17, 15) is 45.3 Å². The fraction of sp³-hybridized carbons (Fsp3) is 0.953. The molecule has 0 radical (unpaired) electrons. The van der Waals surface area contributed by atoms with Gasteiger partial charge in [0.2, 0.25) is 5.91 Å². The van der Waals surface area contributed by atoms with Crippen LogP contribution in [0.3, 0.4) is 0 Å². The Morgan fingerprint density at radius 3 is 2.19 bits per heavy atom. The maximum atomic E-state index is 13.6. The van der Waals surface area contributed by atoms with Gasteiger partial charge in [-0.25, -0.2) is 0 Å². The molecule has 8 N–H and O–H groups in total. The van der Waals surface area contributed by atoms with Crippen LogP contribution in [-0.4, -0.2) is 134 Å². The Bertz CT molecular complexity index is 1370. The molecular formula is C43H73NO13. The van der Waals surface area contributed by atoms with Crippen LogP contribution < -0.4 is 5.32 Å². The van der Waals surface area contributed by atoms with Gasteiger partial charge >= 0.3 is 0 Å². The molecule has 0 aromatic rings. The Morgan fingerprint density at radius 1 is 0.789 bits per heavy atom. The van der Waals surface area contributed by atoms with Crippen molar-refractivity contribution in [2.45, 2.75) is 192 Å². The molecular weight excluding hydrogens is 738 g/mol. The number of carbonyl (C=O) groups is 2. The zero-order valence-corrected chi connectivity index (χ0v) is 34.9. The average molecular weight is 812 g/mol. The van der Waals surface area contributed by atoms with E-state index in [0.717, 1.165) is 64.2 Å². The highest BCUT2D eigenvalue weighted by Gasteiger charge is 2.63. The summed E-state index contributed by atoms with van der Waals surface area (Å²) >= 11 is 0. The Morgan fingerprint density at radius 2 is 1.47 bits per heavy atom. The van der Waals surface area contributed by atoms with Crippen LogP contribution >= 0.6 is 0 Å². The van der Waals surface area contributed by atoms with Gasteiger partial charge in [-0.05, 0) is 117 Å². The smallest absolute Gasteiger partial charge is 0.219 e. The van der Waals surface area contributed by atoms with Crippen molar-refractivity contribution in [3.63, 3.8) is 0 Å². The van der Waals surface area contributed by atoms with Gasteiger partial charge in [-0.2, -0.15) is 0 Å². The van der Waals surface area contributed by atoms with E-state index in [1.807, 2.05) is 13.8 Å². The summed E-state index contributed by atoms with van der Waals surface area (Å²) < 4.78 is 23.5. The van der Waals surface area contributed by atoms with Crippen molar-refractivity contribution >= 4 is 11.7 Å². The highest BCUT2D eigenvalue weighted by atomic mass is 16.7. The summed E-state index contributed by atoms with van der Waals surface area (Å²) in [5, 5.41) is 77.5. The minimum Gasteiger partial charge on any atom is -0.393 e. The number of ether oxygens (including phenoxy) is 4. The third-order valence-electron chi connectivity index (χ3n) is 16.0. The van der Waals surface area contributed by atoms with Gasteiger partial charge < -0.3 is 60.0 Å². The van der Waals surface area contributed by atoms with Crippen molar-refractivity contribution in [1.82, 2.24) is 5.32 Å². The zero-order valence-electron chi connectivity index (χ0n) is 34.9. The number of hydrogen-bond donors (Lipinski definition) is 8. The van der Waals surface area contributed by atoms with E-state index < -0.39 is 67.5 Å². The summed E-state index contributed by atoms with van der Waals surface area (Å²) in [5.41, 5.74) is -0.0367. The normalized spacial score (nSPS) is 48.3. The summed E-state index contributed by atoms with van der Waals surface area (Å²) in [7, 11) is 0. The van der Waals surface area contributed by atoms with Gasteiger partial charge in [0.05, 0.1) is 24.9 Å². The number of ketones is 1. The first-order chi connectivity index (χ1) is 26.9. The summed E-state index contributed by atoms with van der Waals surface area (Å²) in [6, 6.07) is 0. The molecule has 57 heavy (non-hydrogen) atoms. The largest absolute Gasteiger partial charge is 0.393 e. The predicted octanol–water partition coefficient (Wildman–Crippen LogP) is 2.19. The first kappa shape index (κ1) is 45.2. The van der Waals surface area contributed by atoms with Gasteiger partial charge in [-0.3, -0.25) is 9.59 Å². The van der Waals surface area contributed by atoms with Gasteiger partial charge in [0.1, 0.15) is 48.5 Å². The highest BCUT2D eigenvalue weighted by molar-refractivity contribution is 5.81. The van der Waals surface area contributed by atoms with Crippen molar-refractivity contribution in [2.75, 3.05) is 13.2 Å². The molecule has 1 amide bonds. The Hall–Kier alpha value is -1.30. The van der Waals surface area contributed by atoms with Gasteiger partial charge in [-0.15, -0.1) is 0 Å². The van der Waals surface area contributed by atoms with Crippen LogP contribution in [0.25, 0.3) is 0 Å².